The molecule has 5 nitrogen and oxygen atoms in total. The zero-order valence-corrected chi connectivity index (χ0v) is 13.7. The van der Waals surface area contributed by atoms with Crippen LogP contribution >= 0.6 is 0 Å². The third kappa shape index (κ3) is 3.97. The Hall–Kier alpha value is -2.27. The van der Waals surface area contributed by atoms with Crippen LogP contribution in [0.1, 0.15) is 54.1 Å². The van der Waals surface area contributed by atoms with E-state index in [1.165, 1.54) is 6.20 Å². The van der Waals surface area contributed by atoms with Crippen LogP contribution in [0.4, 0.5) is 0 Å². The first-order chi connectivity index (χ1) is 11.8. The van der Waals surface area contributed by atoms with Crippen LogP contribution in [-0.2, 0) is 0 Å². The molecule has 1 aliphatic rings. The zero-order chi connectivity index (χ0) is 16.8. The van der Waals surface area contributed by atoms with Crippen LogP contribution in [0.3, 0.4) is 0 Å². The van der Waals surface area contributed by atoms with Crippen molar-refractivity contribution in [2.24, 2.45) is 0 Å². The Morgan fingerprint density at radius 3 is 2.75 bits per heavy atom. The summed E-state index contributed by atoms with van der Waals surface area (Å²) in [6.45, 7) is 0.729. The molecule has 24 heavy (non-hydrogen) atoms. The lowest BCUT2D eigenvalue weighted by molar-refractivity contribution is 0.0587. The summed E-state index contributed by atoms with van der Waals surface area (Å²) in [5.74, 6) is -0.0166. The Morgan fingerprint density at radius 1 is 1.17 bits per heavy atom. The molecule has 1 aromatic carbocycles. The molecule has 0 radical (unpaired) electrons. The first-order valence-electron chi connectivity index (χ1n) is 8.56. The van der Waals surface area contributed by atoms with E-state index in [1.54, 1.807) is 12.3 Å². The number of aromatic nitrogens is 2. The van der Waals surface area contributed by atoms with Crippen molar-refractivity contribution in [1.82, 2.24) is 15.1 Å². The molecule has 5 heteroatoms. The number of nitrogens with zero attached hydrogens (tertiary/aromatic N) is 3. The van der Waals surface area contributed by atoms with E-state index in [0.29, 0.717) is 12.0 Å². The van der Waals surface area contributed by atoms with E-state index in [0.717, 1.165) is 37.8 Å². The van der Waals surface area contributed by atoms with E-state index in [2.05, 4.69) is 10.2 Å². The van der Waals surface area contributed by atoms with E-state index >= 15 is 0 Å². The summed E-state index contributed by atoms with van der Waals surface area (Å²) in [5.41, 5.74) is 1.46. The van der Waals surface area contributed by atoms with Gasteiger partial charge in [-0.15, -0.1) is 0 Å². The number of likely N-dealkylation sites (tertiary alicyclic amines) is 1. The topological polar surface area (TPSA) is 66.3 Å². The molecule has 1 amide bonds. The van der Waals surface area contributed by atoms with E-state index < -0.39 is 6.10 Å². The van der Waals surface area contributed by atoms with Gasteiger partial charge in [-0.2, -0.15) is 10.2 Å². The van der Waals surface area contributed by atoms with Gasteiger partial charge in [-0.25, -0.2) is 0 Å². The number of carbonyl (C=O) groups is 1. The molecule has 0 saturated carbocycles. The lowest BCUT2D eigenvalue weighted by Gasteiger charge is -2.31. The first kappa shape index (κ1) is 16.6. The second-order valence-corrected chi connectivity index (χ2v) is 6.30. The van der Waals surface area contributed by atoms with Gasteiger partial charge in [0, 0.05) is 12.6 Å². The lowest BCUT2D eigenvalue weighted by atomic mass is 9.97. The van der Waals surface area contributed by atoms with Gasteiger partial charge in [0.2, 0.25) is 0 Å². The van der Waals surface area contributed by atoms with Gasteiger partial charge in [0.25, 0.3) is 5.91 Å². The molecule has 1 aromatic heterocycles. The fourth-order valence-corrected chi connectivity index (χ4v) is 3.34. The Kier molecular flexibility index (Phi) is 5.54. The molecule has 1 fully saturated rings. The van der Waals surface area contributed by atoms with E-state index in [1.807, 2.05) is 35.2 Å². The average molecular weight is 325 g/mol. The second kappa shape index (κ2) is 8.02. The largest absolute Gasteiger partial charge is 0.388 e. The van der Waals surface area contributed by atoms with Crippen LogP contribution in [0.15, 0.2) is 48.8 Å². The normalized spacial score (nSPS) is 19.5. The van der Waals surface area contributed by atoms with Crippen molar-refractivity contribution in [2.75, 3.05) is 6.54 Å². The third-order valence-electron chi connectivity index (χ3n) is 4.65. The number of aliphatic hydroxyl groups is 1. The molecule has 3 rings (SSSR count). The Balaban J connectivity index is 1.76. The maximum atomic E-state index is 12.9. The molecule has 2 unspecified atom stereocenters. The lowest BCUT2D eigenvalue weighted by Crippen LogP contribution is -2.41. The van der Waals surface area contributed by atoms with Crippen molar-refractivity contribution in [3.05, 3.63) is 59.9 Å². The summed E-state index contributed by atoms with van der Waals surface area (Å²) in [6.07, 6.45) is 7.20. The summed E-state index contributed by atoms with van der Waals surface area (Å²) in [7, 11) is 0. The first-order valence-corrected chi connectivity index (χ1v) is 8.56. The standard InChI is InChI=1S/C19H23N3O2/c23-18(15-7-3-1-4-8-15)13-17-9-5-2-6-12-22(17)19(24)16-10-11-20-21-14-16/h1,3-4,7-8,10-11,14,17-18,23H,2,5-6,9,12-13H2. The highest BCUT2D eigenvalue weighted by atomic mass is 16.3. The summed E-state index contributed by atoms with van der Waals surface area (Å²) in [4.78, 5) is 14.8. The summed E-state index contributed by atoms with van der Waals surface area (Å²) >= 11 is 0. The number of hydrogen-bond acceptors (Lipinski definition) is 4. The average Bonchev–Trinajstić information content (AvgIpc) is 2.88. The minimum Gasteiger partial charge on any atom is -0.388 e. The Bertz CT molecular complexity index is 648. The van der Waals surface area contributed by atoms with Gasteiger partial charge in [0.15, 0.2) is 0 Å². The number of amides is 1. The van der Waals surface area contributed by atoms with Crippen LogP contribution in [0.5, 0.6) is 0 Å². The van der Waals surface area contributed by atoms with Gasteiger partial charge in [0.05, 0.1) is 24.1 Å². The fourth-order valence-electron chi connectivity index (χ4n) is 3.34. The molecule has 1 N–H and O–H groups in total. The highest BCUT2D eigenvalue weighted by Crippen LogP contribution is 2.27. The van der Waals surface area contributed by atoms with Gasteiger partial charge in [0.1, 0.15) is 0 Å². The summed E-state index contributed by atoms with van der Waals surface area (Å²) in [6, 6.07) is 11.4. The quantitative estimate of drug-likeness (QED) is 0.938. The fraction of sp³-hybridized carbons (Fsp3) is 0.421. The highest BCUT2D eigenvalue weighted by Gasteiger charge is 2.28. The van der Waals surface area contributed by atoms with Gasteiger partial charge < -0.3 is 10.0 Å². The predicted molar refractivity (Wildman–Crippen MR) is 91.3 cm³/mol. The predicted octanol–water partition coefficient (Wildman–Crippen LogP) is 2.99. The van der Waals surface area contributed by atoms with Gasteiger partial charge in [-0.3, -0.25) is 4.79 Å². The van der Waals surface area contributed by atoms with E-state index in [4.69, 9.17) is 0 Å². The number of aliphatic hydroxyl groups excluding tert-OH is 1. The molecule has 0 bridgehead atoms. The number of benzene rings is 1. The molecule has 2 aromatic rings. The van der Waals surface area contributed by atoms with Crippen molar-refractivity contribution >= 4 is 5.91 Å². The van der Waals surface area contributed by atoms with Gasteiger partial charge in [-0.05, 0) is 30.9 Å². The zero-order valence-electron chi connectivity index (χ0n) is 13.7. The second-order valence-electron chi connectivity index (χ2n) is 6.30. The van der Waals surface area contributed by atoms with E-state index in [-0.39, 0.29) is 11.9 Å². The molecule has 1 aliphatic heterocycles. The van der Waals surface area contributed by atoms with Crippen LogP contribution < -0.4 is 0 Å². The Morgan fingerprint density at radius 2 is 2.00 bits per heavy atom. The number of hydrogen-bond donors (Lipinski definition) is 1. The van der Waals surface area contributed by atoms with Crippen molar-refractivity contribution in [1.29, 1.82) is 0 Å². The summed E-state index contributed by atoms with van der Waals surface area (Å²) < 4.78 is 0. The summed E-state index contributed by atoms with van der Waals surface area (Å²) in [5, 5.41) is 18.1. The molecule has 2 heterocycles. The minimum absolute atomic E-state index is 0.0166. The maximum Gasteiger partial charge on any atom is 0.255 e. The Labute approximate surface area is 142 Å². The molecule has 0 spiro atoms. The van der Waals surface area contributed by atoms with Crippen LogP contribution in [-0.4, -0.2) is 38.7 Å². The van der Waals surface area contributed by atoms with Crippen molar-refractivity contribution in [3.8, 4) is 0 Å². The highest BCUT2D eigenvalue weighted by molar-refractivity contribution is 5.94. The number of rotatable bonds is 4. The number of carbonyl (C=O) groups excluding carboxylic acids is 1. The van der Waals surface area contributed by atoms with Crippen molar-refractivity contribution < 1.29 is 9.90 Å². The smallest absolute Gasteiger partial charge is 0.255 e. The van der Waals surface area contributed by atoms with E-state index in [9.17, 15) is 9.90 Å². The SMILES string of the molecule is O=C(c1ccnnc1)N1CCCCCC1CC(O)c1ccccc1. The van der Waals surface area contributed by atoms with Gasteiger partial charge >= 0.3 is 0 Å². The minimum atomic E-state index is -0.555. The molecular formula is C19H23N3O2. The molecule has 126 valence electrons. The van der Waals surface area contributed by atoms with Crippen molar-refractivity contribution in [2.45, 2.75) is 44.2 Å². The maximum absolute atomic E-state index is 12.9. The molecule has 1 saturated heterocycles. The molecular weight excluding hydrogens is 302 g/mol. The molecule has 2 atom stereocenters. The monoisotopic (exact) mass is 325 g/mol. The third-order valence-corrected chi connectivity index (χ3v) is 4.65. The molecule has 0 aliphatic carbocycles. The van der Waals surface area contributed by atoms with Crippen LogP contribution in [0.25, 0.3) is 0 Å². The van der Waals surface area contributed by atoms with Crippen molar-refractivity contribution in [3.63, 3.8) is 0 Å². The van der Waals surface area contributed by atoms with Crippen LogP contribution in [0, 0.1) is 0 Å². The van der Waals surface area contributed by atoms with Gasteiger partial charge in [-0.1, -0.05) is 43.2 Å². The van der Waals surface area contributed by atoms with Crippen LogP contribution in [0.2, 0.25) is 0 Å².